The highest BCUT2D eigenvalue weighted by Gasteiger charge is 2.27. The maximum absolute atomic E-state index is 11.5. The van der Waals surface area contributed by atoms with Gasteiger partial charge in [-0.05, 0) is 24.8 Å². The molecule has 1 amide bonds. The van der Waals surface area contributed by atoms with E-state index >= 15 is 0 Å². The summed E-state index contributed by atoms with van der Waals surface area (Å²) in [6, 6.07) is 10.2. The van der Waals surface area contributed by atoms with E-state index in [2.05, 4.69) is 5.32 Å². The zero-order chi connectivity index (χ0) is 11.4. The van der Waals surface area contributed by atoms with E-state index < -0.39 is 0 Å². The standard InChI is InChI=1S/C13H17NO2/c15-12-8-11(9-12)14-13(16)7-6-10-4-2-1-3-5-10/h1-5,11-12,15H,6-9H2,(H,14,16). The lowest BCUT2D eigenvalue weighted by molar-refractivity contribution is -0.123. The molecule has 1 aliphatic rings. The fourth-order valence-corrected chi connectivity index (χ4v) is 1.91. The largest absolute Gasteiger partial charge is 0.393 e. The number of aliphatic hydroxyl groups excluding tert-OH is 1. The lowest BCUT2D eigenvalue weighted by Gasteiger charge is -2.31. The Bertz CT molecular complexity index is 344. The normalized spacial score (nSPS) is 23.6. The Labute approximate surface area is 95.5 Å². The smallest absolute Gasteiger partial charge is 0.220 e. The van der Waals surface area contributed by atoms with Gasteiger partial charge >= 0.3 is 0 Å². The number of benzene rings is 1. The van der Waals surface area contributed by atoms with Crippen LogP contribution in [0, 0.1) is 0 Å². The Morgan fingerprint density at radius 2 is 2.00 bits per heavy atom. The topological polar surface area (TPSA) is 49.3 Å². The van der Waals surface area contributed by atoms with Crippen LogP contribution in [0.3, 0.4) is 0 Å². The van der Waals surface area contributed by atoms with Gasteiger partial charge in [-0.25, -0.2) is 0 Å². The lowest BCUT2D eigenvalue weighted by Crippen LogP contribution is -2.46. The summed E-state index contributed by atoms with van der Waals surface area (Å²) in [4.78, 5) is 11.5. The summed E-state index contributed by atoms with van der Waals surface area (Å²) in [6.45, 7) is 0. The molecule has 0 unspecified atom stereocenters. The minimum Gasteiger partial charge on any atom is -0.393 e. The van der Waals surface area contributed by atoms with E-state index in [1.54, 1.807) is 0 Å². The number of hydrogen-bond donors (Lipinski definition) is 2. The van der Waals surface area contributed by atoms with Gasteiger partial charge in [-0.3, -0.25) is 4.79 Å². The number of nitrogens with one attached hydrogen (secondary N) is 1. The Morgan fingerprint density at radius 3 is 2.62 bits per heavy atom. The van der Waals surface area contributed by atoms with Crippen molar-refractivity contribution in [1.82, 2.24) is 5.32 Å². The Balaban J connectivity index is 1.68. The molecule has 0 saturated heterocycles. The second kappa shape index (κ2) is 5.12. The van der Waals surface area contributed by atoms with Gasteiger partial charge in [0.1, 0.15) is 0 Å². The minimum atomic E-state index is -0.209. The van der Waals surface area contributed by atoms with Crippen LogP contribution in [0.2, 0.25) is 0 Å². The number of aryl methyl sites for hydroxylation is 1. The molecule has 1 aromatic rings. The SMILES string of the molecule is O=C(CCc1ccccc1)NC1CC(O)C1. The highest BCUT2D eigenvalue weighted by Crippen LogP contribution is 2.19. The molecule has 1 aromatic carbocycles. The van der Waals surface area contributed by atoms with Crippen LogP contribution in [0.15, 0.2) is 30.3 Å². The van der Waals surface area contributed by atoms with Crippen molar-refractivity contribution in [2.24, 2.45) is 0 Å². The monoisotopic (exact) mass is 219 g/mol. The average Bonchev–Trinajstić information content (AvgIpc) is 2.26. The summed E-state index contributed by atoms with van der Waals surface area (Å²) in [6.07, 6.45) is 2.51. The van der Waals surface area contributed by atoms with Gasteiger partial charge in [-0.2, -0.15) is 0 Å². The summed E-state index contributed by atoms with van der Waals surface area (Å²) in [5, 5.41) is 12.0. The van der Waals surface area contributed by atoms with Crippen molar-refractivity contribution < 1.29 is 9.90 Å². The van der Waals surface area contributed by atoms with Crippen LogP contribution < -0.4 is 5.32 Å². The Hall–Kier alpha value is -1.35. The molecule has 0 heterocycles. The molecule has 0 aromatic heterocycles. The van der Waals surface area contributed by atoms with Crippen molar-refractivity contribution in [2.45, 2.75) is 37.8 Å². The fraction of sp³-hybridized carbons (Fsp3) is 0.462. The average molecular weight is 219 g/mol. The van der Waals surface area contributed by atoms with E-state index in [4.69, 9.17) is 5.11 Å². The first-order valence-electron chi connectivity index (χ1n) is 5.75. The molecular formula is C13H17NO2. The molecular weight excluding hydrogens is 202 g/mol. The first-order valence-corrected chi connectivity index (χ1v) is 5.75. The molecule has 2 rings (SSSR count). The summed E-state index contributed by atoms with van der Waals surface area (Å²) in [7, 11) is 0. The molecule has 3 nitrogen and oxygen atoms in total. The number of aliphatic hydroxyl groups is 1. The maximum Gasteiger partial charge on any atom is 0.220 e. The molecule has 0 atom stereocenters. The first kappa shape index (κ1) is 11.1. The van der Waals surface area contributed by atoms with E-state index in [1.807, 2.05) is 30.3 Å². The molecule has 0 bridgehead atoms. The molecule has 86 valence electrons. The van der Waals surface area contributed by atoms with Crippen molar-refractivity contribution in [1.29, 1.82) is 0 Å². The molecule has 0 spiro atoms. The van der Waals surface area contributed by atoms with Gasteiger partial charge < -0.3 is 10.4 Å². The van der Waals surface area contributed by atoms with E-state index in [1.165, 1.54) is 5.56 Å². The van der Waals surface area contributed by atoms with Crippen molar-refractivity contribution in [3.05, 3.63) is 35.9 Å². The Kier molecular flexibility index (Phi) is 3.57. The van der Waals surface area contributed by atoms with Gasteiger partial charge in [0.2, 0.25) is 5.91 Å². The number of carbonyl (C=O) groups is 1. The van der Waals surface area contributed by atoms with E-state index in [0.29, 0.717) is 19.3 Å². The summed E-state index contributed by atoms with van der Waals surface area (Å²) in [5.74, 6) is 0.0840. The summed E-state index contributed by atoms with van der Waals surface area (Å²) < 4.78 is 0. The van der Waals surface area contributed by atoms with Crippen molar-refractivity contribution in [3.8, 4) is 0 Å². The molecule has 1 aliphatic carbocycles. The molecule has 2 N–H and O–H groups in total. The van der Waals surface area contributed by atoms with Crippen molar-refractivity contribution >= 4 is 5.91 Å². The van der Waals surface area contributed by atoms with Crippen LogP contribution in [-0.2, 0) is 11.2 Å². The molecule has 3 heteroatoms. The third kappa shape index (κ3) is 3.07. The second-order valence-electron chi connectivity index (χ2n) is 4.38. The van der Waals surface area contributed by atoms with Crippen LogP contribution in [-0.4, -0.2) is 23.2 Å². The number of rotatable bonds is 4. The maximum atomic E-state index is 11.5. The fourth-order valence-electron chi connectivity index (χ4n) is 1.91. The summed E-state index contributed by atoms with van der Waals surface area (Å²) >= 11 is 0. The molecule has 0 radical (unpaired) electrons. The molecule has 1 fully saturated rings. The van der Waals surface area contributed by atoms with E-state index in [0.717, 1.165) is 6.42 Å². The van der Waals surface area contributed by atoms with Gasteiger partial charge in [-0.1, -0.05) is 30.3 Å². The van der Waals surface area contributed by atoms with E-state index in [-0.39, 0.29) is 18.1 Å². The van der Waals surface area contributed by atoms with Gasteiger partial charge in [0.25, 0.3) is 0 Å². The van der Waals surface area contributed by atoms with Gasteiger partial charge in [0.05, 0.1) is 6.10 Å². The van der Waals surface area contributed by atoms with Crippen LogP contribution in [0.25, 0.3) is 0 Å². The van der Waals surface area contributed by atoms with Gasteiger partial charge in [0, 0.05) is 12.5 Å². The van der Waals surface area contributed by atoms with Crippen LogP contribution in [0.1, 0.15) is 24.8 Å². The van der Waals surface area contributed by atoms with Crippen LogP contribution >= 0.6 is 0 Å². The molecule has 0 aliphatic heterocycles. The molecule has 1 saturated carbocycles. The quantitative estimate of drug-likeness (QED) is 0.801. The lowest BCUT2D eigenvalue weighted by atomic mass is 9.89. The predicted octanol–water partition coefficient (Wildman–Crippen LogP) is 1.26. The zero-order valence-electron chi connectivity index (χ0n) is 9.23. The minimum absolute atomic E-state index is 0.0840. The zero-order valence-corrected chi connectivity index (χ0v) is 9.23. The van der Waals surface area contributed by atoms with Crippen LogP contribution in [0.5, 0.6) is 0 Å². The number of amides is 1. The van der Waals surface area contributed by atoms with E-state index in [9.17, 15) is 4.79 Å². The van der Waals surface area contributed by atoms with Gasteiger partial charge in [-0.15, -0.1) is 0 Å². The second-order valence-corrected chi connectivity index (χ2v) is 4.38. The predicted molar refractivity (Wildman–Crippen MR) is 61.9 cm³/mol. The van der Waals surface area contributed by atoms with Crippen LogP contribution in [0.4, 0.5) is 0 Å². The highest BCUT2D eigenvalue weighted by atomic mass is 16.3. The Morgan fingerprint density at radius 1 is 1.31 bits per heavy atom. The van der Waals surface area contributed by atoms with Crippen molar-refractivity contribution in [3.63, 3.8) is 0 Å². The summed E-state index contributed by atoms with van der Waals surface area (Å²) in [5.41, 5.74) is 1.19. The third-order valence-electron chi connectivity index (χ3n) is 2.96. The highest BCUT2D eigenvalue weighted by molar-refractivity contribution is 5.76. The first-order chi connectivity index (χ1) is 7.74. The van der Waals surface area contributed by atoms with Crippen molar-refractivity contribution in [2.75, 3.05) is 0 Å². The molecule has 16 heavy (non-hydrogen) atoms. The number of carbonyl (C=O) groups excluding carboxylic acids is 1. The number of hydrogen-bond acceptors (Lipinski definition) is 2. The van der Waals surface area contributed by atoms with Gasteiger partial charge in [0.15, 0.2) is 0 Å². The third-order valence-corrected chi connectivity index (χ3v) is 2.96.